The Kier molecular flexibility index (Phi) is 3.67. The fraction of sp³-hybridized carbons (Fsp3) is 0.350. The topological polar surface area (TPSA) is 46.5 Å². The number of hydrogen-bond acceptors (Lipinski definition) is 3. The second kappa shape index (κ2) is 5.41. The lowest BCUT2D eigenvalue weighted by atomic mass is 9.88. The quantitative estimate of drug-likeness (QED) is 0.804. The summed E-state index contributed by atoms with van der Waals surface area (Å²) in [7, 11) is 0. The molecule has 2 aromatic carbocycles. The maximum atomic E-state index is 12.8. The molecule has 1 heterocycles. The van der Waals surface area contributed by atoms with Crippen LogP contribution in [0.5, 0.6) is 11.5 Å². The second-order valence-corrected chi connectivity index (χ2v) is 6.80. The number of ether oxygens (including phenoxy) is 1. The van der Waals surface area contributed by atoms with Crippen molar-refractivity contribution in [2.45, 2.75) is 46.6 Å². The van der Waals surface area contributed by atoms with Gasteiger partial charge in [-0.15, -0.1) is 0 Å². The van der Waals surface area contributed by atoms with Gasteiger partial charge in [0.15, 0.2) is 17.6 Å². The molecule has 0 amide bonds. The van der Waals surface area contributed by atoms with Gasteiger partial charge in [-0.3, -0.25) is 4.79 Å². The lowest BCUT2D eigenvalue weighted by Crippen LogP contribution is -2.30. The van der Waals surface area contributed by atoms with Crippen LogP contribution >= 0.6 is 0 Å². The van der Waals surface area contributed by atoms with Gasteiger partial charge in [-0.1, -0.05) is 31.6 Å². The van der Waals surface area contributed by atoms with Gasteiger partial charge in [-0.2, -0.15) is 0 Å². The van der Waals surface area contributed by atoms with Crippen molar-refractivity contribution in [1.29, 1.82) is 0 Å². The van der Waals surface area contributed by atoms with E-state index in [-0.39, 0.29) is 17.5 Å². The molecule has 0 bridgehead atoms. The summed E-state index contributed by atoms with van der Waals surface area (Å²) in [6.45, 7) is 9.86. The number of carbonyl (C=O) groups excluding carboxylic acids is 1. The Labute approximate surface area is 136 Å². The number of aromatic hydroxyl groups is 1. The summed E-state index contributed by atoms with van der Waals surface area (Å²) >= 11 is 0. The number of aryl methyl sites for hydroxylation is 1. The van der Waals surface area contributed by atoms with Crippen LogP contribution in [0.25, 0.3) is 10.8 Å². The maximum absolute atomic E-state index is 12.8. The maximum Gasteiger partial charge on any atom is 0.208 e. The number of rotatable bonds is 2. The average Bonchev–Trinajstić information content (AvgIpc) is 2.47. The van der Waals surface area contributed by atoms with E-state index in [1.807, 2.05) is 58.9 Å². The number of allylic oxidation sites excluding steroid dienone is 1. The molecular formula is C20H22O3. The van der Waals surface area contributed by atoms with Crippen molar-refractivity contribution in [1.82, 2.24) is 0 Å². The van der Waals surface area contributed by atoms with E-state index in [0.29, 0.717) is 11.3 Å². The number of benzene rings is 2. The Balaban J connectivity index is 2.38. The number of carbonyl (C=O) groups is 1. The number of phenols is 1. The van der Waals surface area contributed by atoms with Gasteiger partial charge in [0.2, 0.25) is 5.78 Å². The number of ketones is 1. The van der Waals surface area contributed by atoms with Crippen molar-refractivity contribution in [3.63, 3.8) is 0 Å². The number of hydrogen-bond donors (Lipinski definition) is 1. The molecular weight excluding hydrogens is 288 g/mol. The fourth-order valence-electron chi connectivity index (χ4n) is 3.18. The minimum absolute atomic E-state index is 0.0431. The Morgan fingerprint density at radius 1 is 1.30 bits per heavy atom. The molecule has 0 spiro atoms. The fourth-order valence-corrected chi connectivity index (χ4v) is 3.18. The molecule has 3 nitrogen and oxygen atoms in total. The molecule has 2 aromatic rings. The summed E-state index contributed by atoms with van der Waals surface area (Å²) in [5, 5.41) is 12.4. The van der Waals surface area contributed by atoms with E-state index in [1.165, 1.54) is 0 Å². The third kappa shape index (κ3) is 2.40. The molecule has 3 rings (SSSR count). The second-order valence-electron chi connectivity index (χ2n) is 6.80. The van der Waals surface area contributed by atoms with Gasteiger partial charge < -0.3 is 9.84 Å². The highest BCUT2D eigenvalue weighted by Gasteiger charge is 2.33. The normalized spacial score (nSPS) is 16.6. The van der Waals surface area contributed by atoms with E-state index in [4.69, 9.17) is 4.74 Å². The van der Waals surface area contributed by atoms with E-state index < -0.39 is 6.10 Å². The van der Waals surface area contributed by atoms with E-state index in [2.05, 4.69) is 0 Å². The van der Waals surface area contributed by atoms with E-state index in [1.54, 1.807) is 0 Å². The molecule has 0 aliphatic carbocycles. The number of phenolic OH excluding ortho intramolecular Hbond substituents is 1. The monoisotopic (exact) mass is 310 g/mol. The van der Waals surface area contributed by atoms with Crippen molar-refractivity contribution in [2.24, 2.45) is 0 Å². The van der Waals surface area contributed by atoms with Gasteiger partial charge in [0.25, 0.3) is 0 Å². The van der Waals surface area contributed by atoms with Crippen molar-refractivity contribution in [2.75, 3.05) is 0 Å². The van der Waals surface area contributed by atoms with Crippen LogP contribution in [0.3, 0.4) is 0 Å². The van der Waals surface area contributed by atoms with E-state index >= 15 is 0 Å². The first-order valence-electron chi connectivity index (χ1n) is 7.96. The zero-order chi connectivity index (χ0) is 16.9. The first-order chi connectivity index (χ1) is 10.8. The highest BCUT2D eigenvalue weighted by molar-refractivity contribution is 6.16. The predicted molar refractivity (Wildman–Crippen MR) is 92.6 cm³/mol. The zero-order valence-corrected chi connectivity index (χ0v) is 14.2. The summed E-state index contributed by atoms with van der Waals surface area (Å²) in [6.07, 6.45) is 1.13. The number of Topliss-reactive ketones (excluding diaryl/α,β-unsaturated/α-hetero) is 1. The van der Waals surface area contributed by atoms with Crippen molar-refractivity contribution < 1.29 is 14.6 Å². The highest BCUT2D eigenvalue weighted by Crippen LogP contribution is 2.46. The largest absolute Gasteiger partial charge is 0.504 e. The molecule has 0 saturated carbocycles. The van der Waals surface area contributed by atoms with Gasteiger partial charge in [0.1, 0.15) is 0 Å². The third-order valence-corrected chi connectivity index (χ3v) is 4.33. The Morgan fingerprint density at radius 3 is 2.61 bits per heavy atom. The van der Waals surface area contributed by atoms with Crippen LogP contribution in [0.15, 0.2) is 29.8 Å². The van der Waals surface area contributed by atoms with Gasteiger partial charge in [-0.05, 0) is 49.8 Å². The van der Waals surface area contributed by atoms with Gasteiger partial charge in [0.05, 0.1) is 0 Å². The van der Waals surface area contributed by atoms with E-state index in [9.17, 15) is 9.90 Å². The minimum Gasteiger partial charge on any atom is -0.504 e. The van der Waals surface area contributed by atoms with Crippen LogP contribution in [-0.4, -0.2) is 17.0 Å². The summed E-state index contributed by atoms with van der Waals surface area (Å²) < 4.78 is 5.93. The summed E-state index contributed by atoms with van der Waals surface area (Å²) in [6, 6.07) is 5.91. The van der Waals surface area contributed by atoms with Crippen LogP contribution in [0.4, 0.5) is 0 Å². The SMILES string of the molecule is CC(C)=C[C@H]1Oc2c(O)c(C(C)C)cc3ccc(C)c(c23)C1=O. The molecule has 0 unspecified atom stereocenters. The Morgan fingerprint density at radius 2 is 2.00 bits per heavy atom. The molecule has 0 fully saturated rings. The van der Waals surface area contributed by atoms with Gasteiger partial charge >= 0.3 is 0 Å². The smallest absolute Gasteiger partial charge is 0.208 e. The Bertz CT molecular complexity index is 840. The molecule has 1 aliphatic heterocycles. The molecule has 0 saturated heterocycles. The van der Waals surface area contributed by atoms with Crippen molar-refractivity contribution in [3.8, 4) is 11.5 Å². The van der Waals surface area contributed by atoms with Crippen LogP contribution in [0.1, 0.15) is 55.1 Å². The average molecular weight is 310 g/mol. The van der Waals surface area contributed by atoms with Gasteiger partial charge in [0, 0.05) is 16.5 Å². The standard InChI is InChI=1S/C20H22O3/c1-10(2)8-15-19(22)16-12(5)6-7-13-9-14(11(3)4)18(21)20(23-15)17(13)16/h6-9,11,15,21H,1-5H3/t15-/m1/s1. The Hall–Kier alpha value is -2.29. The first-order valence-corrected chi connectivity index (χ1v) is 7.96. The van der Waals surface area contributed by atoms with Crippen molar-refractivity contribution >= 4 is 16.6 Å². The van der Waals surface area contributed by atoms with Crippen molar-refractivity contribution in [3.05, 3.63) is 46.5 Å². The third-order valence-electron chi connectivity index (χ3n) is 4.33. The summed E-state index contributed by atoms with van der Waals surface area (Å²) in [5.41, 5.74) is 3.43. The molecule has 1 N–H and O–H groups in total. The van der Waals surface area contributed by atoms with Gasteiger partial charge in [-0.25, -0.2) is 0 Å². The highest BCUT2D eigenvalue weighted by atomic mass is 16.5. The van der Waals surface area contributed by atoms with Crippen LogP contribution in [0.2, 0.25) is 0 Å². The van der Waals surface area contributed by atoms with Crippen LogP contribution in [0, 0.1) is 6.92 Å². The molecule has 1 aliphatic rings. The molecule has 120 valence electrons. The van der Waals surface area contributed by atoms with Crippen LogP contribution in [-0.2, 0) is 0 Å². The molecule has 0 aromatic heterocycles. The summed E-state index contributed by atoms with van der Waals surface area (Å²) in [5.74, 6) is 0.716. The minimum atomic E-state index is -0.676. The van der Waals surface area contributed by atoms with Crippen LogP contribution < -0.4 is 4.74 Å². The molecule has 23 heavy (non-hydrogen) atoms. The molecule has 1 atom stereocenters. The lowest BCUT2D eigenvalue weighted by Gasteiger charge is -2.27. The van der Waals surface area contributed by atoms with E-state index in [0.717, 1.165) is 27.5 Å². The zero-order valence-electron chi connectivity index (χ0n) is 14.2. The first kappa shape index (κ1) is 15.6. The molecule has 3 heteroatoms. The molecule has 0 radical (unpaired) electrons. The lowest BCUT2D eigenvalue weighted by molar-refractivity contribution is 0.0838. The predicted octanol–water partition coefficient (Wildman–Crippen LogP) is 4.89. The summed E-state index contributed by atoms with van der Waals surface area (Å²) in [4.78, 5) is 12.8.